The van der Waals surface area contributed by atoms with Crippen molar-refractivity contribution in [2.45, 2.75) is 6.92 Å². The summed E-state index contributed by atoms with van der Waals surface area (Å²) >= 11 is 0. The van der Waals surface area contributed by atoms with Gasteiger partial charge in [-0.25, -0.2) is 9.37 Å². The Morgan fingerprint density at radius 1 is 1.37 bits per heavy atom. The van der Waals surface area contributed by atoms with Crippen molar-refractivity contribution in [3.63, 3.8) is 0 Å². The third-order valence-corrected chi connectivity index (χ3v) is 2.51. The average Bonchev–Trinajstić information content (AvgIpc) is 2.39. The fraction of sp³-hybridized carbons (Fsp3) is 0.0714. The van der Waals surface area contributed by atoms with Gasteiger partial charge in [-0.1, -0.05) is 0 Å². The third-order valence-electron chi connectivity index (χ3n) is 2.51. The lowest BCUT2D eigenvalue weighted by Crippen LogP contribution is -1.95. The molecule has 0 radical (unpaired) electrons. The van der Waals surface area contributed by atoms with Gasteiger partial charge in [-0.15, -0.1) is 0 Å². The Bertz CT molecular complexity index is 678. The first kappa shape index (κ1) is 12.7. The molecule has 0 unspecified atom stereocenters. The van der Waals surface area contributed by atoms with Crippen LogP contribution in [-0.2, 0) is 0 Å². The van der Waals surface area contributed by atoms with Crippen LogP contribution >= 0.6 is 0 Å². The zero-order chi connectivity index (χ0) is 13.8. The van der Waals surface area contributed by atoms with Crippen molar-refractivity contribution in [1.29, 1.82) is 5.26 Å². The molecule has 0 fully saturated rings. The molecule has 0 atom stereocenters. The second kappa shape index (κ2) is 5.27. The first-order valence-electron chi connectivity index (χ1n) is 5.44. The number of ether oxygens (including phenoxy) is 1. The van der Waals surface area contributed by atoms with Crippen LogP contribution in [0, 0.1) is 24.1 Å². The lowest BCUT2D eigenvalue weighted by molar-refractivity contribution is 0.112. The number of halogens is 1. The highest BCUT2D eigenvalue weighted by molar-refractivity contribution is 5.76. The molecule has 0 aliphatic rings. The van der Waals surface area contributed by atoms with E-state index in [0.717, 1.165) is 6.07 Å². The molecule has 0 aliphatic carbocycles. The third kappa shape index (κ3) is 2.75. The van der Waals surface area contributed by atoms with Gasteiger partial charge >= 0.3 is 0 Å². The van der Waals surface area contributed by atoms with E-state index in [4.69, 9.17) is 10.00 Å². The highest BCUT2D eigenvalue weighted by atomic mass is 19.1. The molecule has 1 heterocycles. The number of carbonyl (C=O) groups excluding carboxylic acids is 1. The maximum atomic E-state index is 13.4. The van der Waals surface area contributed by atoms with Crippen LogP contribution in [-0.4, -0.2) is 11.3 Å². The summed E-state index contributed by atoms with van der Waals surface area (Å²) in [6.45, 7) is 1.68. The van der Waals surface area contributed by atoms with E-state index < -0.39 is 5.82 Å². The molecule has 5 heteroatoms. The summed E-state index contributed by atoms with van der Waals surface area (Å²) in [7, 11) is 0. The standard InChI is InChI=1S/C14H9FN2O2/c1-9-11(8-18)3-5-14(17-9)19-12-4-2-10(7-16)13(15)6-12/h2-6,8H,1H3. The SMILES string of the molecule is Cc1nc(Oc2ccc(C#N)c(F)c2)ccc1C=O. The number of benzene rings is 1. The Labute approximate surface area is 109 Å². The van der Waals surface area contributed by atoms with E-state index >= 15 is 0 Å². The number of hydrogen-bond donors (Lipinski definition) is 0. The Balaban J connectivity index is 2.26. The highest BCUT2D eigenvalue weighted by Crippen LogP contribution is 2.22. The van der Waals surface area contributed by atoms with E-state index in [-0.39, 0.29) is 17.2 Å². The van der Waals surface area contributed by atoms with Crippen molar-refractivity contribution in [3.8, 4) is 17.7 Å². The van der Waals surface area contributed by atoms with Gasteiger partial charge in [-0.2, -0.15) is 5.26 Å². The summed E-state index contributed by atoms with van der Waals surface area (Å²) in [5.41, 5.74) is 0.952. The first-order chi connectivity index (χ1) is 9.13. The van der Waals surface area contributed by atoms with E-state index in [1.807, 2.05) is 0 Å². The van der Waals surface area contributed by atoms with E-state index in [2.05, 4.69) is 4.98 Å². The van der Waals surface area contributed by atoms with Gasteiger partial charge < -0.3 is 4.74 Å². The molecule has 94 valence electrons. The summed E-state index contributed by atoms with van der Waals surface area (Å²) in [4.78, 5) is 14.7. The first-order valence-corrected chi connectivity index (χ1v) is 5.44. The smallest absolute Gasteiger partial charge is 0.219 e. The number of rotatable bonds is 3. The predicted molar refractivity (Wildman–Crippen MR) is 65.6 cm³/mol. The molecule has 19 heavy (non-hydrogen) atoms. The Hall–Kier alpha value is -2.74. The minimum Gasteiger partial charge on any atom is -0.439 e. The number of nitriles is 1. The van der Waals surface area contributed by atoms with Crippen LogP contribution in [0.1, 0.15) is 21.6 Å². The molecule has 2 aromatic rings. The van der Waals surface area contributed by atoms with Gasteiger partial charge in [0.1, 0.15) is 17.6 Å². The van der Waals surface area contributed by atoms with Crippen LogP contribution in [0.5, 0.6) is 11.6 Å². The molecule has 0 bridgehead atoms. The molecule has 4 nitrogen and oxygen atoms in total. The van der Waals surface area contributed by atoms with Crippen LogP contribution in [0.4, 0.5) is 4.39 Å². The van der Waals surface area contributed by atoms with E-state index in [9.17, 15) is 9.18 Å². The monoisotopic (exact) mass is 256 g/mol. The maximum absolute atomic E-state index is 13.4. The molecule has 0 spiro atoms. The minimum atomic E-state index is -0.652. The van der Waals surface area contributed by atoms with Gasteiger partial charge in [0.25, 0.3) is 0 Å². The van der Waals surface area contributed by atoms with Gasteiger partial charge in [0, 0.05) is 17.7 Å². The van der Waals surface area contributed by atoms with Crippen LogP contribution in [0.3, 0.4) is 0 Å². The van der Waals surface area contributed by atoms with Crippen molar-refractivity contribution in [2.24, 2.45) is 0 Å². The zero-order valence-corrected chi connectivity index (χ0v) is 10.1. The van der Waals surface area contributed by atoms with Crippen molar-refractivity contribution in [1.82, 2.24) is 4.98 Å². The van der Waals surface area contributed by atoms with E-state index in [1.165, 1.54) is 18.2 Å². The molecule has 0 amide bonds. The molecule has 0 aliphatic heterocycles. The number of aromatic nitrogens is 1. The molecule has 2 rings (SSSR count). The zero-order valence-electron chi connectivity index (χ0n) is 10.1. The normalized spacial score (nSPS) is 9.74. The van der Waals surface area contributed by atoms with E-state index in [0.29, 0.717) is 17.5 Å². The second-order valence-corrected chi connectivity index (χ2v) is 3.80. The number of nitrogens with zero attached hydrogens (tertiary/aromatic N) is 2. The minimum absolute atomic E-state index is 0.0483. The van der Waals surface area contributed by atoms with Crippen LogP contribution in [0.15, 0.2) is 30.3 Å². The van der Waals surface area contributed by atoms with Gasteiger partial charge in [0.15, 0.2) is 6.29 Å². The van der Waals surface area contributed by atoms with Crippen molar-refractivity contribution < 1.29 is 13.9 Å². The topological polar surface area (TPSA) is 63.0 Å². The van der Waals surface area contributed by atoms with Crippen LogP contribution in [0.25, 0.3) is 0 Å². The summed E-state index contributed by atoms with van der Waals surface area (Å²) in [5, 5.41) is 8.62. The number of pyridine rings is 1. The fourth-order valence-electron chi connectivity index (χ4n) is 1.50. The van der Waals surface area contributed by atoms with Gasteiger partial charge in [0.05, 0.1) is 11.3 Å². The van der Waals surface area contributed by atoms with E-state index in [1.54, 1.807) is 19.1 Å². The summed E-state index contributed by atoms with van der Waals surface area (Å²) in [6, 6.07) is 8.74. The second-order valence-electron chi connectivity index (χ2n) is 3.80. The lowest BCUT2D eigenvalue weighted by Gasteiger charge is -2.06. The number of aldehydes is 1. The molecule has 0 N–H and O–H groups in total. The summed E-state index contributed by atoms with van der Waals surface area (Å²) in [5.74, 6) is -0.157. The summed E-state index contributed by atoms with van der Waals surface area (Å²) < 4.78 is 18.7. The molecule has 0 saturated heterocycles. The van der Waals surface area contributed by atoms with Crippen molar-refractivity contribution >= 4 is 6.29 Å². The number of hydrogen-bond acceptors (Lipinski definition) is 4. The highest BCUT2D eigenvalue weighted by Gasteiger charge is 2.06. The molecule has 0 saturated carbocycles. The van der Waals surface area contributed by atoms with Gasteiger partial charge in [-0.05, 0) is 25.1 Å². The quantitative estimate of drug-likeness (QED) is 0.792. The molecular weight excluding hydrogens is 247 g/mol. The largest absolute Gasteiger partial charge is 0.439 e. The Kier molecular flexibility index (Phi) is 3.53. The molecular formula is C14H9FN2O2. The maximum Gasteiger partial charge on any atom is 0.219 e. The Morgan fingerprint density at radius 2 is 2.16 bits per heavy atom. The summed E-state index contributed by atoms with van der Waals surface area (Å²) in [6.07, 6.45) is 0.702. The predicted octanol–water partition coefficient (Wildman–Crippen LogP) is 3.01. The average molecular weight is 256 g/mol. The van der Waals surface area contributed by atoms with Crippen LogP contribution in [0.2, 0.25) is 0 Å². The molecule has 1 aromatic heterocycles. The van der Waals surface area contributed by atoms with Gasteiger partial charge in [0.2, 0.25) is 5.88 Å². The van der Waals surface area contributed by atoms with Crippen LogP contribution < -0.4 is 4.74 Å². The number of aryl methyl sites for hydroxylation is 1. The molecule has 1 aromatic carbocycles. The van der Waals surface area contributed by atoms with Crippen molar-refractivity contribution in [2.75, 3.05) is 0 Å². The van der Waals surface area contributed by atoms with Crippen molar-refractivity contribution in [3.05, 3.63) is 53.0 Å². The number of carbonyl (C=O) groups is 1. The van der Waals surface area contributed by atoms with Gasteiger partial charge in [-0.3, -0.25) is 4.79 Å². The lowest BCUT2D eigenvalue weighted by atomic mass is 10.2. The Morgan fingerprint density at radius 3 is 2.74 bits per heavy atom. The fourth-order valence-corrected chi connectivity index (χ4v) is 1.50.